The fraction of sp³-hybridized carbons (Fsp3) is 0.767. The third kappa shape index (κ3) is 4.47. The van der Waals surface area contributed by atoms with Crippen molar-refractivity contribution in [1.29, 1.82) is 0 Å². The molecule has 6 rings (SSSR count). The van der Waals surface area contributed by atoms with Crippen LogP contribution in [0.5, 0.6) is 0 Å². The summed E-state index contributed by atoms with van der Waals surface area (Å²) in [5.74, 6) is 0.592. The normalized spacial score (nSPS) is 47.5. The number of hydrogen-bond donors (Lipinski definition) is 3. The van der Waals surface area contributed by atoms with E-state index in [1.54, 1.807) is 13.2 Å². The predicted octanol–water partition coefficient (Wildman–Crippen LogP) is 3.23. The number of aliphatic hydroxyl groups excluding tert-OH is 2. The lowest BCUT2D eigenvalue weighted by Gasteiger charge is -2.62. The number of rotatable bonds is 5. The molecule has 1 aliphatic heterocycles. The zero-order chi connectivity index (χ0) is 29.3. The Morgan fingerprint density at radius 1 is 1.05 bits per heavy atom. The molecule has 1 saturated heterocycles. The van der Waals surface area contributed by atoms with E-state index in [0.29, 0.717) is 12.3 Å². The smallest absolute Gasteiger partial charge is 0.335 e. The third-order valence-electron chi connectivity index (χ3n) is 11.7. The van der Waals surface area contributed by atoms with E-state index < -0.39 is 41.4 Å². The highest BCUT2D eigenvalue weighted by molar-refractivity contribution is 5.31. The van der Waals surface area contributed by atoms with Gasteiger partial charge in [0.1, 0.15) is 12.2 Å². The molecule has 1 aromatic rings. The van der Waals surface area contributed by atoms with Crippen molar-refractivity contribution in [3.63, 3.8) is 0 Å². The minimum atomic E-state index is -1.52. The van der Waals surface area contributed by atoms with Gasteiger partial charge in [-0.05, 0) is 93.1 Å². The number of aliphatic hydroxyl groups is 3. The molecular formula is C30H41NO10. The molecule has 0 amide bonds. The Kier molecular flexibility index (Phi) is 7.13. The van der Waals surface area contributed by atoms with Gasteiger partial charge in [0.25, 0.3) is 5.09 Å². The summed E-state index contributed by atoms with van der Waals surface area (Å²) in [6.07, 6.45) is 3.60. The van der Waals surface area contributed by atoms with E-state index in [2.05, 4.69) is 24.8 Å². The van der Waals surface area contributed by atoms with Gasteiger partial charge >= 0.3 is 5.63 Å². The molecule has 11 heteroatoms. The van der Waals surface area contributed by atoms with Crippen molar-refractivity contribution in [3.8, 4) is 0 Å². The second kappa shape index (κ2) is 10.2. The second-order valence-electron chi connectivity index (χ2n) is 13.4. The summed E-state index contributed by atoms with van der Waals surface area (Å²) >= 11 is 0. The average molecular weight is 576 g/mol. The van der Waals surface area contributed by atoms with Gasteiger partial charge < -0.3 is 34.0 Å². The summed E-state index contributed by atoms with van der Waals surface area (Å²) < 4.78 is 17.1. The molecule has 11 nitrogen and oxygen atoms in total. The number of fused-ring (bicyclic) bond motifs is 5. The SMILES string of the molecule is C[C@@H]1O[C@@H](O[C@@H]2C=C3CC[C@@H]4[C@H](CC[C@]5(C)[C@@H](c6ccc(=O)oc6)CC[C@]45O)[C@@]3(C)CC2)[C@H](O[N+](=O)[O-])[C@H](O)[C@H]1O. The Morgan fingerprint density at radius 3 is 2.54 bits per heavy atom. The number of hydrogen-bond acceptors (Lipinski definition) is 10. The van der Waals surface area contributed by atoms with Crippen LogP contribution in [0.3, 0.4) is 0 Å². The van der Waals surface area contributed by atoms with E-state index in [1.165, 1.54) is 11.6 Å². The quantitative estimate of drug-likeness (QED) is 0.270. The first-order valence-electron chi connectivity index (χ1n) is 14.9. The maximum absolute atomic E-state index is 12.4. The van der Waals surface area contributed by atoms with Crippen molar-refractivity contribution >= 4 is 0 Å². The van der Waals surface area contributed by atoms with E-state index in [0.717, 1.165) is 50.5 Å². The Labute approximate surface area is 238 Å². The van der Waals surface area contributed by atoms with Crippen molar-refractivity contribution in [3.05, 3.63) is 56.1 Å². The van der Waals surface area contributed by atoms with Gasteiger partial charge in [-0.2, -0.15) is 0 Å². The van der Waals surface area contributed by atoms with Crippen LogP contribution in [0.4, 0.5) is 0 Å². The molecule has 4 fully saturated rings. The van der Waals surface area contributed by atoms with Crippen LogP contribution in [0.15, 0.2) is 39.3 Å². The largest absolute Gasteiger partial charge is 0.431 e. The molecule has 0 spiro atoms. The molecule has 0 radical (unpaired) electrons. The molecule has 0 bridgehead atoms. The first-order chi connectivity index (χ1) is 19.4. The number of nitrogens with zero attached hydrogens (tertiary/aromatic N) is 1. The third-order valence-corrected chi connectivity index (χ3v) is 11.7. The van der Waals surface area contributed by atoms with Gasteiger partial charge in [0.2, 0.25) is 0 Å². The van der Waals surface area contributed by atoms with Gasteiger partial charge in [-0.25, -0.2) is 4.79 Å². The topological polar surface area (TPSA) is 162 Å². The highest BCUT2D eigenvalue weighted by Crippen LogP contribution is 2.70. The van der Waals surface area contributed by atoms with Gasteiger partial charge in [-0.1, -0.05) is 25.5 Å². The monoisotopic (exact) mass is 575 g/mol. The molecule has 4 aliphatic carbocycles. The fourth-order valence-corrected chi connectivity index (χ4v) is 9.37. The molecule has 2 heterocycles. The van der Waals surface area contributed by atoms with Crippen molar-refractivity contribution in [2.45, 2.75) is 120 Å². The van der Waals surface area contributed by atoms with E-state index in [-0.39, 0.29) is 34.4 Å². The Morgan fingerprint density at radius 2 is 1.83 bits per heavy atom. The molecular weight excluding hydrogens is 534 g/mol. The van der Waals surface area contributed by atoms with Crippen LogP contribution in [0, 0.1) is 32.8 Å². The lowest BCUT2D eigenvalue weighted by molar-refractivity contribution is -0.776. The summed E-state index contributed by atoms with van der Waals surface area (Å²) in [7, 11) is 0. The second-order valence-corrected chi connectivity index (χ2v) is 13.4. The minimum Gasteiger partial charge on any atom is -0.431 e. The predicted molar refractivity (Wildman–Crippen MR) is 144 cm³/mol. The maximum Gasteiger partial charge on any atom is 0.335 e. The van der Waals surface area contributed by atoms with Gasteiger partial charge in [-0.15, -0.1) is 10.1 Å². The zero-order valence-electron chi connectivity index (χ0n) is 23.8. The van der Waals surface area contributed by atoms with Crippen LogP contribution in [-0.2, 0) is 14.3 Å². The van der Waals surface area contributed by atoms with Crippen molar-refractivity contribution in [1.82, 2.24) is 0 Å². The van der Waals surface area contributed by atoms with Gasteiger partial charge in [0, 0.05) is 11.5 Å². The molecule has 0 aromatic carbocycles. The first-order valence-corrected chi connectivity index (χ1v) is 14.9. The summed E-state index contributed by atoms with van der Waals surface area (Å²) in [6.45, 7) is 6.09. The molecule has 226 valence electrons. The van der Waals surface area contributed by atoms with E-state index in [1.807, 2.05) is 6.07 Å². The van der Waals surface area contributed by atoms with Crippen LogP contribution < -0.4 is 5.63 Å². The van der Waals surface area contributed by atoms with Crippen LogP contribution in [-0.4, -0.2) is 62.8 Å². The maximum atomic E-state index is 12.4. The minimum absolute atomic E-state index is 0.107. The number of ether oxygens (including phenoxy) is 2. The average Bonchev–Trinajstić information content (AvgIpc) is 3.21. The van der Waals surface area contributed by atoms with Crippen molar-refractivity contribution in [2.24, 2.45) is 22.7 Å². The zero-order valence-corrected chi connectivity index (χ0v) is 23.8. The first kappa shape index (κ1) is 28.8. The molecule has 1 aromatic heterocycles. The van der Waals surface area contributed by atoms with Crippen molar-refractivity contribution in [2.75, 3.05) is 0 Å². The Bertz CT molecular complexity index is 1250. The van der Waals surface area contributed by atoms with Gasteiger partial charge in [0.15, 0.2) is 12.4 Å². The standard InChI is InChI=1S/C30H41NO10/c1-16-24(33)25(34)26(41-31(36)37)27(39-16)40-19-8-11-28(2)18(14-19)5-6-22-21(28)9-12-29(3)20(10-13-30(22,29)35)17-4-7-23(32)38-15-17/h4,7,14-16,19-22,24-27,33-35H,5-6,8-13H2,1-3H3/t16-,19-,20+,21-,22+,24-,25+,26+,27-,28-,29+,30-/m0/s1. The van der Waals surface area contributed by atoms with Gasteiger partial charge in [-0.3, -0.25) is 0 Å². The highest BCUT2D eigenvalue weighted by Gasteiger charge is 2.66. The van der Waals surface area contributed by atoms with Crippen LogP contribution in [0.25, 0.3) is 0 Å². The van der Waals surface area contributed by atoms with E-state index >= 15 is 0 Å². The van der Waals surface area contributed by atoms with Gasteiger partial charge in [0.05, 0.1) is 24.1 Å². The fourth-order valence-electron chi connectivity index (χ4n) is 9.37. The molecule has 5 aliphatic rings. The molecule has 0 unspecified atom stereocenters. The Hall–Kier alpha value is -2.31. The lowest BCUT2D eigenvalue weighted by atomic mass is 9.45. The summed E-state index contributed by atoms with van der Waals surface area (Å²) in [5, 5.41) is 43.1. The molecule has 41 heavy (non-hydrogen) atoms. The van der Waals surface area contributed by atoms with E-state index in [9.17, 15) is 30.2 Å². The lowest BCUT2D eigenvalue weighted by Crippen LogP contribution is -2.61. The van der Waals surface area contributed by atoms with Crippen molar-refractivity contribution < 1.29 is 39.1 Å². The van der Waals surface area contributed by atoms with Crippen LogP contribution in [0.2, 0.25) is 0 Å². The number of allylic oxidation sites excluding steroid dienone is 1. The summed E-state index contributed by atoms with van der Waals surface area (Å²) in [4.78, 5) is 27.3. The molecule has 3 saturated carbocycles. The molecule has 12 atom stereocenters. The van der Waals surface area contributed by atoms with E-state index in [4.69, 9.17) is 13.9 Å². The summed E-state index contributed by atoms with van der Waals surface area (Å²) in [5.41, 5.74) is 0.669. The van der Waals surface area contributed by atoms with Crippen LogP contribution >= 0.6 is 0 Å². The summed E-state index contributed by atoms with van der Waals surface area (Å²) in [6, 6.07) is 3.32. The molecule has 3 N–H and O–H groups in total. The van der Waals surface area contributed by atoms with Crippen LogP contribution in [0.1, 0.15) is 83.6 Å². The Balaban J connectivity index is 1.21. The highest BCUT2D eigenvalue weighted by atomic mass is 17.0.